The Labute approximate surface area is 153 Å². The van der Waals surface area contributed by atoms with Gasteiger partial charge in [0.15, 0.2) is 5.75 Å². The summed E-state index contributed by atoms with van der Waals surface area (Å²) in [5, 5.41) is 14.6. The molecule has 10 heteroatoms. The van der Waals surface area contributed by atoms with Gasteiger partial charge in [-0.3, -0.25) is 9.58 Å². The van der Waals surface area contributed by atoms with Crippen molar-refractivity contribution in [3.63, 3.8) is 0 Å². The van der Waals surface area contributed by atoms with Gasteiger partial charge in [-0.2, -0.15) is 18.3 Å². The quantitative estimate of drug-likeness (QED) is 0.856. The van der Waals surface area contributed by atoms with Gasteiger partial charge in [-0.15, -0.1) is 0 Å². The van der Waals surface area contributed by atoms with E-state index >= 15 is 0 Å². The third kappa shape index (κ3) is 3.63. The van der Waals surface area contributed by atoms with Crippen molar-refractivity contribution >= 4 is 0 Å². The Balaban J connectivity index is 1.38. The van der Waals surface area contributed by atoms with Gasteiger partial charge in [-0.1, -0.05) is 0 Å². The van der Waals surface area contributed by atoms with Crippen LogP contribution in [0.4, 0.5) is 13.2 Å². The first kappa shape index (κ1) is 18.2. The van der Waals surface area contributed by atoms with Gasteiger partial charge >= 0.3 is 6.18 Å². The third-order valence-electron chi connectivity index (χ3n) is 5.16. The minimum atomic E-state index is -4.53. The van der Waals surface area contributed by atoms with Gasteiger partial charge in [0.05, 0.1) is 6.20 Å². The molecule has 2 aliphatic heterocycles. The van der Waals surface area contributed by atoms with E-state index in [0.29, 0.717) is 43.1 Å². The van der Waals surface area contributed by atoms with Crippen molar-refractivity contribution in [2.45, 2.75) is 43.7 Å². The fourth-order valence-corrected chi connectivity index (χ4v) is 3.78. The molecule has 27 heavy (non-hydrogen) atoms. The van der Waals surface area contributed by atoms with Crippen molar-refractivity contribution in [2.75, 3.05) is 13.1 Å². The molecule has 2 aromatic rings. The molecule has 0 aromatic carbocycles. The van der Waals surface area contributed by atoms with Crippen molar-refractivity contribution in [1.82, 2.24) is 24.6 Å². The van der Waals surface area contributed by atoms with E-state index in [-0.39, 0.29) is 0 Å². The molecule has 0 amide bonds. The Morgan fingerprint density at radius 1 is 1.26 bits per heavy atom. The molecule has 0 saturated carbocycles. The lowest BCUT2D eigenvalue weighted by Crippen LogP contribution is -2.50. The maximum Gasteiger partial charge on any atom is 0.451 e. The average Bonchev–Trinajstić information content (AvgIpc) is 2.97. The van der Waals surface area contributed by atoms with Crippen molar-refractivity contribution in [2.24, 2.45) is 7.05 Å². The molecule has 1 unspecified atom stereocenters. The molecule has 4 rings (SSSR count). The van der Waals surface area contributed by atoms with Gasteiger partial charge in [-0.25, -0.2) is 9.97 Å². The SMILES string of the molecule is Cn1cc2c(n1)C(O)CC1(CCN(Cc3cnc(C(F)(F)F)nc3)CC1)O2. The summed E-state index contributed by atoms with van der Waals surface area (Å²) in [6.07, 6.45) is 0.982. The molecular weight excluding hydrogens is 363 g/mol. The lowest BCUT2D eigenvalue weighted by atomic mass is 9.83. The summed E-state index contributed by atoms with van der Waals surface area (Å²) in [5.41, 5.74) is 0.785. The minimum Gasteiger partial charge on any atom is -0.483 e. The number of piperidine rings is 1. The number of fused-ring (bicyclic) bond motifs is 1. The number of aliphatic hydroxyl groups is 1. The number of hydrogen-bond acceptors (Lipinski definition) is 6. The normalized spacial score (nSPS) is 22.5. The Morgan fingerprint density at radius 3 is 2.56 bits per heavy atom. The van der Waals surface area contributed by atoms with E-state index in [0.717, 1.165) is 12.8 Å². The Bertz CT molecular complexity index is 813. The molecule has 1 saturated heterocycles. The summed E-state index contributed by atoms with van der Waals surface area (Å²) < 4.78 is 45.4. The molecule has 0 radical (unpaired) electrons. The lowest BCUT2D eigenvalue weighted by molar-refractivity contribution is -0.145. The second kappa shape index (κ2) is 6.45. The highest BCUT2D eigenvalue weighted by molar-refractivity contribution is 5.31. The summed E-state index contributed by atoms with van der Waals surface area (Å²) >= 11 is 0. The molecule has 7 nitrogen and oxygen atoms in total. The second-order valence-electron chi connectivity index (χ2n) is 7.25. The molecule has 4 heterocycles. The Morgan fingerprint density at radius 2 is 1.93 bits per heavy atom. The highest BCUT2D eigenvalue weighted by atomic mass is 19.4. The van der Waals surface area contributed by atoms with Gasteiger partial charge in [0.2, 0.25) is 5.82 Å². The zero-order valence-electron chi connectivity index (χ0n) is 14.8. The zero-order valence-corrected chi connectivity index (χ0v) is 14.8. The van der Waals surface area contributed by atoms with Crippen LogP contribution in [-0.4, -0.2) is 48.4 Å². The number of likely N-dealkylation sites (tertiary alicyclic amines) is 1. The molecular formula is C17H20F3N5O2. The minimum absolute atomic E-state index is 0.428. The maximum atomic E-state index is 12.5. The number of aromatic nitrogens is 4. The molecule has 2 aliphatic rings. The van der Waals surface area contributed by atoms with E-state index in [1.165, 1.54) is 12.4 Å². The predicted molar refractivity (Wildman–Crippen MR) is 87.7 cm³/mol. The molecule has 1 atom stereocenters. The topological polar surface area (TPSA) is 76.3 Å². The van der Waals surface area contributed by atoms with Crippen LogP contribution in [0.2, 0.25) is 0 Å². The molecule has 1 N–H and O–H groups in total. The summed E-state index contributed by atoms with van der Waals surface area (Å²) in [6, 6.07) is 0. The smallest absolute Gasteiger partial charge is 0.451 e. The van der Waals surface area contributed by atoms with Crippen molar-refractivity contribution in [3.05, 3.63) is 35.7 Å². The summed E-state index contributed by atoms with van der Waals surface area (Å²) in [7, 11) is 1.79. The number of rotatable bonds is 2. The fourth-order valence-electron chi connectivity index (χ4n) is 3.78. The van der Waals surface area contributed by atoms with Gasteiger partial charge in [-0.05, 0) is 12.8 Å². The van der Waals surface area contributed by atoms with Crippen LogP contribution in [0, 0.1) is 0 Å². The van der Waals surface area contributed by atoms with Crippen LogP contribution in [0.5, 0.6) is 5.75 Å². The molecule has 1 fully saturated rings. The number of nitrogens with zero attached hydrogens (tertiary/aromatic N) is 5. The van der Waals surface area contributed by atoms with Crippen LogP contribution in [0.1, 0.15) is 42.4 Å². The van der Waals surface area contributed by atoms with E-state index in [4.69, 9.17) is 4.74 Å². The number of hydrogen-bond donors (Lipinski definition) is 1. The van der Waals surface area contributed by atoms with Crippen molar-refractivity contribution in [1.29, 1.82) is 0 Å². The van der Waals surface area contributed by atoms with E-state index < -0.39 is 23.7 Å². The Hall–Kier alpha value is -2.20. The standard InChI is InChI=1S/C17H20F3N5O2/c1-24-10-13-14(23-24)12(26)6-16(27-13)2-4-25(5-3-16)9-11-7-21-15(22-8-11)17(18,19)20/h7-8,10,12,26H,2-6,9H2,1H3. The molecule has 1 spiro atoms. The Kier molecular flexibility index (Phi) is 4.34. The van der Waals surface area contributed by atoms with Crippen LogP contribution < -0.4 is 4.74 Å². The van der Waals surface area contributed by atoms with E-state index in [2.05, 4.69) is 20.0 Å². The fraction of sp³-hybridized carbons (Fsp3) is 0.588. The number of alkyl halides is 3. The molecule has 146 valence electrons. The third-order valence-corrected chi connectivity index (χ3v) is 5.16. The monoisotopic (exact) mass is 383 g/mol. The summed E-state index contributed by atoms with van der Waals surface area (Å²) in [6.45, 7) is 1.90. The van der Waals surface area contributed by atoms with Crippen molar-refractivity contribution in [3.8, 4) is 5.75 Å². The van der Waals surface area contributed by atoms with Crippen LogP contribution in [0.3, 0.4) is 0 Å². The molecule has 0 bridgehead atoms. The largest absolute Gasteiger partial charge is 0.483 e. The summed E-state index contributed by atoms with van der Waals surface area (Å²) in [5.74, 6) is -0.499. The summed E-state index contributed by atoms with van der Waals surface area (Å²) in [4.78, 5) is 8.94. The van der Waals surface area contributed by atoms with Gasteiger partial charge in [0, 0.05) is 51.1 Å². The van der Waals surface area contributed by atoms with Crippen LogP contribution in [0.25, 0.3) is 0 Å². The average molecular weight is 383 g/mol. The molecule has 0 aliphatic carbocycles. The van der Waals surface area contributed by atoms with Gasteiger partial charge < -0.3 is 9.84 Å². The van der Waals surface area contributed by atoms with Crippen LogP contribution >= 0.6 is 0 Å². The zero-order chi connectivity index (χ0) is 19.2. The first-order valence-corrected chi connectivity index (χ1v) is 8.75. The highest BCUT2D eigenvalue weighted by Gasteiger charge is 2.44. The number of ether oxygens (including phenoxy) is 1. The van der Waals surface area contributed by atoms with E-state index in [1.54, 1.807) is 17.9 Å². The first-order chi connectivity index (χ1) is 12.7. The first-order valence-electron chi connectivity index (χ1n) is 8.75. The van der Waals surface area contributed by atoms with E-state index in [1.807, 2.05) is 0 Å². The van der Waals surface area contributed by atoms with Gasteiger partial charge in [0.25, 0.3) is 0 Å². The number of aryl methyl sites for hydroxylation is 1. The predicted octanol–water partition coefficient (Wildman–Crippen LogP) is 2.08. The van der Waals surface area contributed by atoms with E-state index in [9.17, 15) is 18.3 Å². The van der Waals surface area contributed by atoms with Crippen LogP contribution in [-0.2, 0) is 19.8 Å². The van der Waals surface area contributed by atoms with Crippen molar-refractivity contribution < 1.29 is 23.0 Å². The maximum absolute atomic E-state index is 12.5. The van der Waals surface area contributed by atoms with Crippen LogP contribution in [0.15, 0.2) is 18.6 Å². The highest BCUT2D eigenvalue weighted by Crippen LogP contribution is 2.43. The number of halogens is 3. The second-order valence-corrected chi connectivity index (χ2v) is 7.25. The van der Waals surface area contributed by atoms with Gasteiger partial charge in [0.1, 0.15) is 17.4 Å². The molecule has 2 aromatic heterocycles. The lowest BCUT2D eigenvalue weighted by Gasteiger charge is -2.44. The number of aliphatic hydroxyl groups excluding tert-OH is 1.